The SMILES string of the molecule is CN(CC1CCCC1)CC1CCC(CN)CC1. The monoisotopic (exact) mass is 238 g/mol. The van der Waals surface area contributed by atoms with Crippen molar-refractivity contribution in [1.82, 2.24) is 4.90 Å². The number of hydrogen-bond acceptors (Lipinski definition) is 2. The summed E-state index contributed by atoms with van der Waals surface area (Å²) in [6, 6.07) is 0. The van der Waals surface area contributed by atoms with Crippen molar-refractivity contribution >= 4 is 0 Å². The highest BCUT2D eigenvalue weighted by Crippen LogP contribution is 2.30. The molecule has 2 heteroatoms. The molecule has 2 saturated carbocycles. The lowest BCUT2D eigenvalue weighted by atomic mass is 9.82. The van der Waals surface area contributed by atoms with E-state index in [1.807, 2.05) is 0 Å². The standard InChI is InChI=1S/C15H30N2/c1-17(11-14-4-2-3-5-14)12-15-8-6-13(10-16)7-9-15/h13-15H,2-12,16H2,1H3. The van der Waals surface area contributed by atoms with E-state index in [0.29, 0.717) is 0 Å². The van der Waals surface area contributed by atoms with Crippen LogP contribution in [0.2, 0.25) is 0 Å². The van der Waals surface area contributed by atoms with Gasteiger partial charge in [0, 0.05) is 13.1 Å². The van der Waals surface area contributed by atoms with Crippen molar-refractivity contribution in [1.29, 1.82) is 0 Å². The molecule has 0 aromatic heterocycles. The molecule has 2 aliphatic rings. The molecule has 0 unspecified atom stereocenters. The first-order valence-electron chi connectivity index (χ1n) is 7.66. The lowest BCUT2D eigenvalue weighted by Gasteiger charge is -2.31. The van der Waals surface area contributed by atoms with E-state index in [9.17, 15) is 0 Å². The van der Waals surface area contributed by atoms with Crippen LogP contribution >= 0.6 is 0 Å². The Labute approximate surface area is 107 Å². The topological polar surface area (TPSA) is 29.3 Å². The molecule has 0 saturated heterocycles. The van der Waals surface area contributed by atoms with Gasteiger partial charge in [0.25, 0.3) is 0 Å². The predicted molar refractivity (Wildman–Crippen MR) is 74.0 cm³/mol. The van der Waals surface area contributed by atoms with Crippen molar-refractivity contribution in [3.05, 3.63) is 0 Å². The van der Waals surface area contributed by atoms with Crippen molar-refractivity contribution < 1.29 is 0 Å². The second kappa shape index (κ2) is 6.75. The number of nitrogens with zero attached hydrogens (tertiary/aromatic N) is 1. The Balaban J connectivity index is 1.63. The Kier molecular flexibility index (Phi) is 5.30. The first kappa shape index (κ1) is 13.4. The molecule has 2 N–H and O–H groups in total. The molecule has 0 bridgehead atoms. The highest BCUT2D eigenvalue weighted by molar-refractivity contribution is 4.76. The average Bonchev–Trinajstić information content (AvgIpc) is 2.82. The molecule has 0 spiro atoms. The number of rotatable bonds is 5. The smallest absolute Gasteiger partial charge is 0.000673 e. The third-order valence-electron chi connectivity index (χ3n) is 4.91. The van der Waals surface area contributed by atoms with Gasteiger partial charge in [-0.1, -0.05) is 12.8 Å². The van der Waals surface area contributed by atoms with Gasteiger partial charge in [-0.05, 0) is 69.9 Å². The van der Waals surface area contributed by atoms with Gasteiger partial charge in [-0.2, -0.15) is 0 Å². The van der Waals surface area contributed by atoms with Gasteiger partial charge in [-0.3, -0.25) is 0 Å². The molecule has 0 aromatic carbocycles. The third kappa shape index (κ3) is 4.26. The van der Waals surface area contributed by atoms with Crippen molar-refractivity contribution in [3.63, 3.8) is 0 Å². The van der Waals surface area contributed by atoms with E-state index in [1.165, 1.54) is 64.5 Å². The van der Waals surface area contributed by atoms with E-state index < -0.39 is 0 Å². The molecule has 0 aromatic rings. The fraction of sp³-hybridized carbons (Fsp3) is 1.00. The first-order valence-corrected chi connectivity index (χ1v) is 7.66. The zero-order chi connectivity index (χ0) is 12.1. The molecule has 2 rings (SSSR count). The Morgan fingerprint density at radius 2 is 1.29 bits per heavy atom. The molecule has 0 amide bonds. The molecular formula is C15H30N2. The Hall–Kier alpha value is -0.0800. The highest BCUT2D eigenvalue weighted by atomic mass is 15.1. The summed E-state index contributed by atoms with van der Waals surface area (Å²) >= 11 is 0. The van der Waals surface area contributed by atoms with Crippen LogP contribution in [0.15, 0.2) is 0 Å². The summed E-state index contributed by atoms with van der Waals surface area (Å²) in [5.74, 6) is 2.77. The van der Waals surface area contributed by atoms with E-state index in [4.69, 9.17) is 5.73 Å². The van der Waals surface area contributed by atoms with Gasteiger partial charge in [0.2, 0.25) is 0 Å². The predicted octanol–water partition coefficient (Wildman–Crippen LogP) is 2.87. The average molecular weight is 238 g/mol. The number of hydrogen-bond donors (Lipinski definition) is 1. The maximum absolute atomic E-state index is 5.75. The van der Waals surface area contributed by atoms with Crippen LogP contribution in [-0.2, 0) is 0 Å². The molecule has 0 atom stereocenters. The van der Waals surface area contributed by atoms with Crippen LogP contribution in [-0.4, -0.2) is 31.6 Å². The van der Waals surface area contributed by atoms with Crippen LogP contribution < -0.4 is 5.73 Å². The van der Waals surface area contributed by atoms with E-state index >= 15 is 0 Å². The number of nitrogens with two attached hydrogens (primary N) is 1. The minimum absolute atomic E-state index is 0.825. The molecule has 100 valence electrons. The lowest BCUT2D eigenvalue weighted by Crippen LogP contribution is -2.32. The maximum Gasteiger partial charge on any atom is 0.000673 e. The van der Waals surface area contributed by atoms with Crippen LogP contribution in [0, 0.1) is 17.8 Å². The summed E-state index contributed by atoms with van der Waals surface area (Å²) < 4.78 is 0. The van der Waals surface area contributed by atoms with Crippen molar-refractivity contribution in [3.8, 4) is 0 Å². The Morgan fingerprint density at radius 3 is 1.82 bits per heavy atom. The van der Waals surface area contributed by atoms with Gasteiger partial charge in [-0.15, -0.1) is 0 Å². The Bertz CT molecular complexity index is 203. The van der Waals surface area contributed by atoms with Gasteiger partial charge >= 0.3 is 0 Å². The quantitative estimate of drug-likeness (QED) is 0.798. The second-order valence-corrected chi connectivity index (χ2v) is 6.49. The van der Waals surface area contributed by atoms with Crippen LogP contribution in [0.25, 0.3) is 0 Å². The Morgan fingerprint density at radius 1 is 0.824 bits per heavy atom. The van der Waals surface area contributed by atoms with E-state index in [2.05, 4.69) is 11.9 Å². The minimum atomic E-state index is 0.825. The van der Waals surface area contributed by atoms with Gasteiger partial charge in [0.05, 0.1) is 0 Å². The van der Waals surface area contributed by atoms with Crippen LogP contribution in [0.4, 0.5) is 0 Å². The molecule has 2 fully saturated rings. The fourth-order valence-electron chi connectivity index (χ4n) is 3.80. The van der Waals surface area contributed by atoms with Crippen molar-refractivity contribution in [2.45, 2.75) is 51.4 Å². The summed E-state index contributed by atoms with van der Waals surface area (Å²) in [5.41, 5.74) is 5.75. The van der Waals surface area contributed by atoms with Gasteiger partial charge in [0.1, 0.15) is 0 Å². The summed E-state index contributed by atoms with van der Waals surface area (Å²) in [6.07, 6.45) is 11.5. The van der Waals surface area contributed by atoms with Crippen LogP contribution in [0.1, 0.15) is 51.4 Å². The van der Waals surface area contributed by atoms with Crippen LogP contribution in [0.3, 0.4) is 0 Å². The molecule has 17 heavy (non-hydrogen) atoms. The molecule has 0 heterocycles. The molecule has 0 aliphatic heterocycles. The molecule has 2 nitrogen and oxygen atoms in total. The zero-order valence-electron chi connectivity index (χ0n) is 11.5. The van der Waals surface area contributed by atoms with Crippen LogP contribution in [0.5, 0.6) is 0 Å². The lowest BCUT2D eigenvalue weighted by molar-refractivity contribution is 0.189. The normalized spacial score (nSPS) is 31.2. The summed E-state index contributed by atoms with van der Waals surface area (Å²) in [4.78, 5) is 2.60. The minimum Gasteiger partial charge on any atom is -0.330 e. The summed E-state index contributed by atoms with van der Waals surface area (Å²) in [5, 5.41) is 0. The maximum atomic E-state index is 5.75. The van der Waals surface area contributed by atoms with E-state index in [0.717, 1.165) is 24.3 Å². The summed E-state index contributed by atoms with van der Waals surface area (Å²) in [7, 11) is 2.33. The van der Waals surface area contributed by atoms with Crippen molar-refractivity contribution in [2.24, 2.45) is 23.5 Å². The molecule has 0 radical (unpaired) electrons. The fourth-order valence-corrected chi connectivity index (χ4v) is 3.80. The van der Waals surface area contributed by atoms with Gasteiger partial charge in [-0.25, -0.2) is 0 Å². The van der Waals surface area contributed by atoms with Gasteiger partial charge < -0.3 is 10.6 Å². The summed E-state index contributed by atoms with van der Waals surface area (Å²) in [6.45, 7) is 3.58. The molecular weight excluding hydrogens is 208 g/mol. The second-order valence-electron chi connectivity index (χ2n) is 6.49. The van der Waals surface area contributed by atoms with E-state index in [1.54, 1.807) is 0 Å². The largest absolute Gasteiger partial charge is 0.330 e. The first-order chi connectivity index (χ1) is 8.28. The van der Waals surface area contributed by atoms with E-state index in [-0.39, 0.29) is 0 Å². The zero-order valence-corrected chi connectivity index (χ0v) is 11.5. The van der Waals surface area contributed by atoms with Gasteiger partial charge in [0.15, 0.2) is 0 Å². The molecule has 2 aliphatic carbocycles. The highest BCUT2D eigenvalue weighted by Gasteiger charge is 2.23. The third-order valence-corrected chi connectivity index (χ3v) is 4.91. The van der Waals surface area contributed by atoms with Crippen molar-refractivity contribution in [2.75, 3.05) is 26.7 Å².